The molecule has 0 saturated carbocycles. The van der Waals surface area contributed by atoms with Gasteiger partial charge >= 0.3 is 12.1 Å². The third-order valence-electron chi connectivity index (χ3n) is 8.34. The summed E-state index contributed by atoms with van der Waals surface area (Å²) in [6.07, 6.45) is -0.146. The molecular weight excluding hydrogens is 568 g/mol. The Balaban J connectivity index is 1.37. The van der Waals surface area contributed by atoms with Gasteiger partial charge in [-0.3, -0.25) is 4.79 Å². The summed E-state index contributed by atoms with van der Waals surface area (Å²) in [5.74, 6) is -0.765. The molecule has 43 heavy (non-hydrogen) atoms. The number of benzene rings is 3. The second-order valence-corrected chi connectivity index (χ2v) is 11.8. The lowest BCUT2D eigenvalue weighted by molar-refractivity contribution is -0.150. The molecule has 3 aromatic rings. The highest BCUT2D eigenvalue weighted by Gasteiger charge is 2.46. The predicted molar refractivity (Wildman–Crippen MR) is 164 cm³/mol. The maximum Gasteiger partial charge on any atom is 0.407 e. The molecule has 0 aromatic heterocycles. The van der Waals surface area contributed by atoms with Crippen molar-refractivity contribution in [2.45, 2.75) is 43.6 Å². The number of carbonyl (C=O) groups excluding carboxylic acids is 2. The number of nitrogens with one attached hydrogen (secondary N) is 1. The quantitative estimate of drug-likeness (QED) is 0.304. The van der Waals surface area contributed by atoms with Crippen molar-refractivity contribution in [3.8, 4) is 22.6 Å². The molecule has 2 N–H and O–H groups in total. The number of amides is 2. The lowest BCUT2D eigenvalue weighted by Crippen LogP contribution is -2.55. The number of nitrogens with zero attached hydrogens (tertiary/aromatic N) is 1. The Morgan fingerprint density at radius 1 is 0.977 bits per heavy atom. The lowest BCUT2D eigenvalue weighted by atomic mass is 9.97. The molecule has 2 amide bonds. The smallest absolute Gasteiger partial charge is 0.407 e. The molecule has 10 heteroatoms. The molecule has 4 atom stereocenters. The number of carboxylic acids is 1. The van der Waals surface area contributed by atoms with Gasteiger partial charge in [-0.1, -0.05) is 68.8 Å². The summed E-state index contributed by atoms with van der Waals surface area (Å²) in [4.78, 5) is 41.1. The van der Waals surface area contributed by atoms with E-state index in [1.165, 1.54) is 23.8 Å². The number of alkyl carbamates (subject to hydrolysis) is 1. The Labute approximate surface area is 255 Å². The highest BCUT2D eigenvalue weighted by atomic mass is 32.2. The molecule has 1 heterocycles. The van der Waals surface area contributed by atoms with Crippen LogP contribution in [0, 0.1) is 5.92 Å². The normalized spacial score (nSPS) is 18.7. The van der Waals surface area contributed by atoms with Gasteiger partial charge in [-0.25, -0.2) is 9.59 Å². The molecule has 1 aliphatic heterocycles. The molecular formula is C33H36N2O7S. The van der Waals surface area contributed by atoms with Gasteiger partial charge in [-0.15, -0.1) is 11.8 Å². The maximum atomic E-state index is 14.2. The fourth-order valence-electron chi connectivity index (χ4n) is 5.84. The van der Waals surface area contributed by atoms with Crippen LogP contribution in [0.5, 0.6) is 11.5 Å². The summed E-state index contributed by atoms with van der Waals surface area (Å²) < 4.78 is 16.6. The number of hydrogen-bond donors (Lipinski definition) is 2. The summed E-state index contributed by atoms with van der Waals surface area (Å²) in [5.41, 5.74) is 5.05. The van der Waals surface area contributed by atoms with E-state index in [4.69, 9.17) is 14.2 Å². The number of ether oxygens (including phenoxy) is 3. The average molecular weight is 605 g/mol. The van der Waals surface area contributed by atoms with Crippen LogP contribution in [0.4, 0.5) is 4.79 Å². The van der Waals surface area contributed by atoms with Crippen molar-refractivity contribution in [2.75, 3.05) is 26.6 Å². The highest BCUT2D eigenvalue weighted by molar-refractivity contribution is 7.99. The number of carboxylic acid groups (broad SMARTS) is 1. The van der Waals surface area contributed by atoms with Gasteiger partial charge in [0.2, 0.25) is 5.91 Å². The minimum Gasteiger partial charge on any atom is -0.497 e. The van der Waals surface area contributed by atoms with Gasteiger partial charge in [0.1, 0.15) is 35.6 Å². The van der Waals surface area contributed by atoms with E-state index in [0.29, 0.717) is 23.5 Å². The highest BCUT2D eigenvalue weighted by Crippen LogP contribution is 2.47. The number of hydrogen-bond acceptors (Lipinski definition) is 7. The SMILES string of the molecule is CC[C@H](C)[C@H](NC(=O)OCC1c2ccccc2-c2ccccc21)C(=O)N1C(c2ccc(OC)cc2OC)SC[C@H]1C(=O)O. The minimum absolute atomic E-state index is 0.101. The third kappa shape index (κ3) is 5.88. The van der Waals surface area contributed by atoms with Crippen molar-refractivity contribution in [3.05, 3.63) is 83.4 Å². The number of thioether (sulfide) groups is 1. The number of carbonyl (C=O) groups is 3. The van der Waals surface area contributed by atoms with Crippen LogP contribution >= 0.6 is 11.8 Å². The first kappa shape index (κ1) is 30.3. The van der Waals surface area contributed by atoms with Crippen LogP contribution in [0.15, 0.2) is 66.7 Å². The molecule has 1 fully saturated rings. The van der Waals surface area contributed by atoms with Gasteiger partial charge in [0.25, 0.3) is 0 Å². The predicted octanol–water partition coefficient (Wildman–Crippen LogP) is 5.68. The van der Waals surface area contributed by atoms with E-state index in [2.05, 4.69) is 17.4 Å². The topological polar surface area (TPSA) is 114 Å². The van der Waals surface area contributed by atoms with Gasteiger partial charge in [0.05, 0.1) is 14.2 Å². The molecule has 9 nitrogen and oxygen atoms in total. The molecule has 5 rings (SSSR count). The van der Waals surface area contributed by atoms with Gasteiger partial charge in [0.15, 0.2) is 0 Å². The van der Waals surface area contributed by atoms with Crippen LogP contribution in [0.2, 0.25) is 0 Å². The molecule has 2 aliphatic rings. The Kier molecular flexibility index (Phi) is 9.15. The Morgan fingerprint density at radius 2 is 1.63 bits per heavy atom. The Bertz CT molecular complexity index is 1470. The van der Waals surface area contributed by atoms with Gasteiger partial charge in [-0.05, 0) is 40.3 Å². The molecule has 1 unspecified atom stereocenters. The first-order valence-corrected chi connectivity index (χ1v) is 15.3. The lowest BCUT2D eigenvalue weighted by Gasteiger charge is -2.34. The second kappa shape index (κ2) is 13.0. The minimum atomic E-state index is -1.11. The van der Waals surface area contributed by atoms with Crippen molar-refractivity contribution in [1.82, 2.24) is 10.2 Å². The summed E-state index contributed by atoms with van der Waals surface area (Å²) in [6.45, 7) is 3.88. The first-order valence-electron chi connectivity index (χ1n) is 14.3. The van der Waals surface area contributed by atoms with Crippen molar-refractivity contribution < 1.29 is 33.7 Å². The van der Waals surface area contributed by atoms with E-state index in [-0.39, 0.29) is 24.2 Å². The van der Waals surface area contributed by atoms with Crippen LogP contribution in [0.25, 0.3) is 11.1 Å². The molecule has 3 aromatic carbocycles. The molecule has 0 radical (unpaired) electrons. The van der Waals surface area contributed by atoms with Crippen LogP contribution in [0.1, 0.15) is 48.3 Å². The van der Waals surface area contributed by atoms with Crippen molar-refractivity contribution in [3.63, 3.8) is 0 Å². The fraction of sp³-hybridized carbons (Fsp3) is 0.364. The number of methoxy groups -OCH3 is 2. The van der Waals surface area contributed by atoms with E-state index in [1.807, 2.05) is 50.2 Å². The molecule has 1 aliphatic carbocycles. The summed E-state index contributed by atoms with van der Waals surface area (Å²) in [7, 11) is 3.06. The maximum absolute atomic E-state index is 14.2. The van der Waals surface area contributed by atoms with Crippen LogP contribution < -0.4 is 14.8 Å². The number of fused-ring (bicyclic) bond motifs is 3. The van der Waals surface area contributed by atoms with E-state index in [9.17, 15) is 19.5 Å². The van der Waals surface area contributed by atoms with Crippen molar-refractivity contribution in [1.29, 1.82) is 0 Å². The van der Waals surface area contributed by atoms with Crippen LogP contribution in [-0.4, -0.2) is 66.6 Å². The standard InChI is InChI=1S/C33H36N2O7S/c1-5-19(2)29(34-33(39)42-17-26-23-12-8-6-10-21(23)22-11-7-9-13-24(22)26)30(36)35-27(32(37)38)18-43-31(35)25-15-14-20(40-3)16-28(25)41-4/h6-16,19,26-27,29,31H,5,17-18H2,1-4H3,(H,34,39)(H,37,38)/t19-,27-,29-,31?/m0/s1. The zero-order chi connectivity index (χ0) is 30.7. The number of aliphatic carboxylic acids is 1. The molecule has 226 valence electrons. The van der Waals surface area contributed by atoms with E-state index in [1.54, 1.807) is 25.3 Å². The number of rotatable bonds is 10. The molecule has 0 spiro atoms. The van der Waals surface area contributed by atoms with E-state index >= 15 is 0 Å². The molecule has 1 saturated heterocycles. The summed E-state index contributed by atoms with van der Waals surface area (Å²) >= 11 is 1.34. The monoisotopic (exact) mass is 604 g/mol. The van der Waals surface area contributed by atoms with Gasteiger partial charge < -0.3 is 29.5 Å². The Hall–Kier alpha value is -4.18. The van der Waals surface area contributed by atoms with Crippen LogP contribution in [-0.2, 0) is 14.3 Å². The van der Waals surface area contributed by atoms with E-state index < -0.39 is 35.4 Å². The second-order valence-electron chi connectivity index (χ2n) is 10.7. The zero-order valence-corrected chi connectivity index (χ0v) is 25.4. The summed E-state index contributed by atoms with van der Waals surface area (Å²) in [5, 5.41) is 12.2. The zero-order valence-electron chi connectivity index (χ0n) is 24.6. The van der Waals surface area contributed by atoms with Gasteiger partial charge in [0, 0.05) is 23.3 Å². The van der Waals surface area contributed by atoms with Crippen molar-refractivity contribution >= 4 is 29.7 Å². The summed E-state index contributed by atoms with van der Waals surface area (Å²) in [6, 6.07) is 19.3. The molecule has 0 bridgehead atoms. The van der Waals surface area contributed by atoms with Crippen molar-refractivity contribution in [2.24, 2.45) is 5.92 Å². The third-order valence-corrected chi connectivity index (χ3v) is 9.65. The average Bonchev–Trinajstić information content (AvgIpc) is 3.61. The Morgan fingerprint density at radius 3 is 2.21 bits per heavy atom. The first-order chi connectivity index (χ1) is 20.8. The van der Waals surface area contributed by atoms with E-state index in [0.717, 1.165) is 22.3 Å². The largest absolute Gasteiger partial charge is 0.497 e. The van der Waals surface area contributed by atoms with Gasteiger partial charge in [-0.2, -0.15) is 0 Å². The fourth-order valence-corrected chi connectivity index (χ4v) is 7.29. The van der Waals surface area contributed by atoms with Crippen LogP contribution in [0.3, 0.4) is 0 Å².